The Bertz CT molecular complexity index is 143. The van der Waals surface area contributed by atoms with Crippen LogP contribution in [0.2, 0.25) is 0 Å². The van der Waals surface area contributed by atoms with Crippen LogP contribution in [0.4, 0.5) is 0 Å². The summed E-state index contributed by atoms with van der Waals surface area (Å²) in [5, 5.41) is 3.59. The molecule has 1 N–H and O–H groups in total. The van der Waals surface area contributed by atoms with E-state index in [0.717, 1.165) is 5.92 Å². The fourth-order valence-corrected chi connectivity index (χ4v) is 2.70. The van der Waals surface area contributed by atoms with Crippen molar-refractivity contribution in [3.8, 4) is 0 Å². The molecular weight excluding hydrogens is 196 g/mol. The van der Waals surface area contributed by atoms with Crippen LogP contribution in [0, 0.1) is 5.92 Å². The lowest BCUT2D eigenvalue weighted by Gasteiger charge is -2.17. The highest BCUT2D eigenvalue weighted by Crippen LogP contribution is 2.26. The van der Waals surface area contributed by atoms with Crippen LogP contribution in [0.15, 0.2) is 0 Å². The van der Waals surface area contributed by atoms with Crippen LogP contribution in [0.25, 0.3) is 0 Å². The fraction of sp³-hybridized carbons (Fsp3) is 1.00. The normalized spacial score (nSPS) is 17.4. The van der Waals surface area contributed by atoms with E-state index in [0.29, 0.717) is 0 Å². The lowest BCUT2D eigenvalue weighted by atomic mass is 10.0. The molecule has 0 spiro atoms. The molecule has 0 heterocycles. The summed E-state index contributed by atoms with van der Waals surface area (Å²) in [4.78, 5) is 2.50. The van der Waals surface area contributed by atoms with Gasteiger partial charge in [-0.15, -0.1) is 0 Å². The fourth-order valence-electron chi connectivity index (χ4n) is 2.70. The van der Waals surface area contributed by atoms with Gasteiger partial charge in [0.2, 0.25) is 0 Å². The molecule has 0 saturated heterocycles. The maximum atomic E-state index is 3.59. The lowest BCUT2D eigenvalue weighted by Crippen LogP contribution is -2.27. The third-order valence-corrected chi connectivity index (χ3v) is 3.93. The van der Waals surface area contributed by atoms with Crippen LogP contribution >= 0.6 is 0 Å². The van der Waals surface area contributed by atoms with Gasteiger partial charge in [0.05, 0.1) is 0 Å². The molecule has 0 aliphatic heterocycles. The minimum atomic E-state index is 1.04. The largest absolute Gasteiger partial charge is 0.317 e. The molecule has 96 valence electrons. The quantitative estimate of drug-likeness (QED) is 0.608. The smallest absolute Gasteiger partial charge is 0.000687 e. The van der Waals surface area contributed by atoms with Gasteiger partial charge in [-0.3, -0.25) is 0 Å². The van der Waals surface area contributed by atoms with Crippen molar-refractivity contribution in [1.29, 1.82) is 0 Å². The zero-order valence-corrected chi connectivity index (χ0v) is 11.3. The second-order valence-corrected chi connectivity index (χ2v) is 5.07. The molecule has 0 aromatic rings. The summed E-state index contributed by atoms with van der Waals surface area (Å²) >= 11 is 0. The summed E-state index contributed by atoms with van der Waals surface area (Å²) in [6.07, 6.45) is 8.64. The van der Waals surface area contributed by atoms with Gasteiger partial charge >= 0.3 is 0 Å². The van der Waals surface area contributed by atoms with E-state index >= 15 is 0 Å². The van der Waals surface area contributed by atoms with Crippen molar-refractivity contribution in [2.75, 3.05) is 32.7 Å². The maximum absolute atomic E-state index is 3.59. The van der Waals surface area contributed by atoms with Crippen LogP contribution in [-0.2, 0) is 0 Å². The number of hydrogen-bond donors (Lipinski definition) is 1. The van der Waals surface area contributed by atoms with Gasteiger partial charge < -0.3 is 10.2 Å². The van der Waals surface area contributed by atoms with Crippen molar-refractivity contribution in [3.05, 3.63) is 0 Å². The predicted octanol–water partition coefficient (Wildman–Crippen LogP) is 2.89. The van der Waals surface area contributed by atoms with Gasteiger partial charge in [0.15, 0.2) is 0 Å². The van der Waals surface area contributed by atoms with E-state index in [-0.39, 0.29) is 0 Å². The average molecular weight is 226 g/mol. The van der Waals surface area contributed by atoms with Gasteiger partial charge in [0, 0.05) is 0 Å². The topological polar surface area (TPSA) is 15.3 Å². The van der Waals surface area contributed by atoms with Crippen LogP contribution in [-0.4, -0.2) is 37.6 Å². The summed E-state index contributed by atoms with van der Waals surface area (Å²) in [6, 6.07) is 0. The van der Waals surface area contributed by atoms with E-state index in [4.69, 9.17) is 0 Å². The van der Waals surface area contributed by atoms with Gasteiger partial charge in [-0.25, -0.2) is 0 Å². The van der Waals surface area contributed by atoms with Gasteiger partial charge in [-0.05, 0) is 51.5 Å². The van der Waals surface area contributed by atoms with Gasteiger partial charge in [0.25, 0.3) is 0 Å². The minimum Gasteiger partial charge on any atom is -0.317 e. The zero-order valence-electron chi connectivity index (χ0n) is 11.3. The van der Waals surface area contributed by atoms with E-state index in [1.165, 1.54) is 71.2 Å². The molecule has 0 radical (unpaired) electrons. The Morgan fingerprint density at radius 1 is 1.06 bits per heavy atom. The molecule has 0 unspecified atom stereocenters. The molecule has 0 amide bonds. The average Bonchev–Trinajstić information content (AvgIpc) is 2.81. The first kappa shape index (κ1) is 14.0. The van der Waals surface area contributed by atoms with Crippen molar-refractivity contribution in [3.63, 3.8) is 0 Å². The van der Waals surface area contributed by atoms with Crippen molar-refractivity contribution in [2.45, 2.75) is 52.4 Å². The Kier molecular flexibility index (Phi) is 7.87. The van der Waals surface area contributed by atoms with E-state index in [1.54, 1.807) is 0 Å². The van der Waals surface area contributed by atoms with Crippen molar-refractivity contribution in [1.82, 2.24) is 10.2 Å². The molecular formula is C14H30N2. The molecule has 16 heavy (non-hydrogen) atoms. The lowest BCUT2D eigenvalue weighted by molar-refractivity contribution is 0.297. The van der Waals surface area contributed by atoms with Crippen molar-refractivity contribution >= 4 is 0 Å². The Morgan fingerprint density at radius 2 is 1.75 bits per heavy atom. The Hall–Kier alpha value is -0.0800. The summed E-state index contributed by atoms with van der Waals surface area (Å²) in [6.45, 7) is 10.6. The first-order chi connectivity index (χ1) is 7.86. The predicted molar refractivity (Wildman–Crippen MR) is 71.8 cm³/mol. The van der Waals surface area contributed by atoms with E-state index in [9.17, 15) is 0 Å². The summed E-state index contributed by atoms with van der Waals surface area (Å²) < 4.78 is 0. The first-order valence-electron chi connectivity index (χ1n) is 7.29. The highest BCUT2D eigenvalue weighted by Gasteiger charge is 2.13. The monoisotopic (exact) mass is 226 g/mol. The number of rotatable bonds is 9. The highest BCUT2D eigenvalue weighted by atomic mass is 15.1. The van der Waals surface area contributed by atoms with Gasteiger partial charge in [-0.2, -0.15) is 0 Å². The number of nitrogens with zero attached hydrogens (tertiary/aromatic N) is 1. The second-order valence-electron chi connectivity index (χ2n) is 5.07. The first-order valence-corrected chi connectivity index (χ1v) is 7.29. The molecule has 0 aromatic heterocycles. The van der Waals surface area contributed by atoms with Crippen LogP contribution in [0.3, 0.4) is 0 Å². The molecule has 0 aromatic carbocycles. The minimum absolute atomic E-state index is 1.04. The Morgan fingerprint density at radius 3 is 2.38 bits per heavy atom. The summed E-state index contributed by atoms with van der Waals surface area (Å²) in [7, 11) is 0. The van der Waals surface area contributed by atoms with Crippen LogP contribution < -0.4 is 5.32 Å². The van der Waals surface area contributed by atoms with Crippen LogP contribution in [0.5, 0.6) is 0 Å². The molecule has 1 saturated carbocycles. The molecule has 0 bridgehead atoms. The SMILES string of the molecule is CCN(CC)CCCNCCC1CCCC1. The van der Waals surface area contributed by atoms with Crippen LogP contribution in [0.1, 0.15) is 52.4 Å². The highest BCUT2D eigenvalue weighted by molar-refractivity contribution is 4.68. The zero-order chi connectivity index (χ0) is 11.6. The van der Waals surface area contributed by atoms with Gasteiger partial charge in [-0.1, -0.05) is 39.5 Å². The molecule has 1 aliphatic carbocycles. The molecule has 1 aliphatic rings. The molecule has 2 heteroatoms. The Labute approximate surface area is 102 Å². The van der Waals surface area contributed by atoms with E-state index in [1.807, 2.05) is 0 Å². The van der Waals surface area contributed by atoms with Crippen molar-refractivity contribution < 1.29 is 0 Å². The van der Waals surface area contributed by atoms with Gasteiger partial charge in [0.1, 0.15) is 0 Å². The summed E-state index contributed by atoms with van der Waals surface area (Å²) in [5.41, 5.74) is 0. The molecule has 2 nitrogen and oxygen atoms in total. The van der Waals surface area contributed by atoms with E-state index < -0.39 is 0 Å². The van der Waals surface area contributed by atoms with Crippen molar-refractivity contribution in [2.24, 2.45) is 5.92 Å². The maximum Gasteiger partial charge on any atom is -0.000687 e. The molecule has 1 fully saturated rings. The molecule has 1 rings (SSSR count). The standard InChI is InChI=1S/C14H30N2/c1-3-16(4-2)13-7-11-15-12-10-14-8-5-6-9-14/h14-15H,3-13H2,1-2H3. The third-order valence-electron chi connectivity index (χ3n) is 3.93. The third kappa shape index (κ3) is 5.86. The number of hydrogen-bond acceptors (Lipinski definition) is 2. The molecule has 0 atom stereocenters. The second kappa shape index (κ2) is 9.00. The van der Waals surface area contributed by atoms with E-state index in [2.05, 4.69) is 24.1 Å². The Balaban J connectivity index is 1.84. The number of nitrogens with one attached hydrogen (secondary N) is 1. The summed E-state index contributed by atoms with van der Waals surface area (Å²) in [5.74, 6) is 1.04.